The lowest BCUT2D eigenvalue weighted by Gasteiger charge is -2.39. The van der Waals surface area contributed by atoms with E-state index < -0.39 is 0 Å². The van der Waals surface area contributed by atoms with Crippen LogP contribution in [-0.2, 0) is 5.41 Å². The summed E-state index contributed by atoms with van der Waals surface area (Å²) >= 11 is 0. The molecule has 0 unspecified atom stereocenters. The van der Waals surface area contributed by atoms with Crippen LogP contribution >= 0.6 is 0 Å². The summed E-state index contributed by atoms with van der Waals surface area (Å²) in [6, 6.07) is 5.87. The lowest BCUT2D eigenvalue weighted by Crippen LogP contribution is -2.30. The minimum atomic E-state index is 0.204. The number of methoxy groups -OCH3 is 1. The summed E-state index contributed by atoms with van der Waals surface area (Å²) < 4.78 is 5.12. The molecule has 0 aliphatic heterocycles. The Balaban J connectivity index is 2.15. The topological polar surface area (TPSA) is 29.5 Å². The second kappa shape index (κ2) is 5.44. The summed E-state index contributed by atoms with van der Waals surface area (Å²) in [5, 5.41) is 9.95. The second-order valence-electron chi connectivity index (χ2n) is 6.53. The van der Waals surface area contributed by atoms with Gasteiger partial charge in [-0.15, -0.1) is 0 Å². The number of phenols is 1. The van der Waals surface area contributed by atoms with Gasteiger partial charge in [0.25, 0.3) is 0 Å². The third-order valence-electron chi connectivity index (χ3n) is 4.95. The van der Waals surface area contributed by atoms with E-state index in [2.05, 4.69) is 26.8 Å². The molecular weight excluding hydrogens is 236 g/mol. The minimum absolute atomic E-state index is 0.204. The van der Waals surface area contributed by atoms with E-state index in [1.165, 1.54) is 31.2 Å². The molecule has 2 rings (SSSR count). The van der Waals surface area contributed by atoms with Crippen LogP contribution in [0, 0.1) is 11.8 Å². The molecule has 1 aromatic rings. The molecule has 0 atom stereocenters. The zero-order valence-electron chi connectivity index (χ0n) is 12.6. The Morgan fingerprint density at radius 1 is 1.26 bits per heavy atom. The Kier molecular flexibility index (Phi) is 4.07. The molecule has 0 saturated heterocycles. The van der Waals surface area contributed by atoms with Crippen molar-refractivity contribution in [2.75, 3.05) is 7.11 Å². The van der Waals surface area contributed by atoms with Crippen molar-refractivity contribution in [1.29, 1.82) is 0 Å². The maximum absolute atomic E-state index is 9.95. The summed E-state index contributed by atoms with van der Waals surface area (Å²) in [5.41, 5.74) is 1.45. The average Bonchev–Trinajstić information content (AvgIpc) is 2.39. The summed E-state index contributed by atoms with van der Waals surface area (Å²) in [6.45, 7) is 6.98. The van der Waals surface area contributed by atoms with Crippen LogP contribution in [0.3, 0.4) is 0 Å². The first-order valence-corrected chi connectivity index (χ1v) is 7.34. The van der Waals surface area contributed by atoms with E-state index in [4.69, 9.17) is 4.74 Å². The van der Waals surface area contributed by atoms with E-state index in [1.807, 2.05) is 12.1 Å². The molecule has 1 fully saturated rings. The fraction of sp³-hybridized carbons (Fsp3) is 0.647. The fourth-order valence-corrected chi connectivity index (χ4v) is 3.30. The smallest absolute Gasteiger partial charge is 0.160 e. The van der Waals surface area contributed by atoms with E-state index in [0.717, 1.165) is 11.8 Å². The van der Waals surface area contributed by atoms with Gasteiger partial charge in [-0.25, -0.2) is 0 Å². The molecule has 2 heteroatoms. The molecule has 0 aromatic heterocycles. The van der Waals surface area contributed by atoms with Crippen molar-refractivity contribution in [2.45, 2.75) is 51.9 Å². The standard InChI is InChI=1S/C17H26O2/c1-12(2)13-7-9-17(3,10-8-13)14-5-6-16(19-4)15(18)11-14/h5-6,11-13,18H,7-10H2,1-4H3. The number of ether oxygens (including phenoxy) is 1. The number of benzene rings is 1. The molecule has 0 heterocycles. The van der Waals surface area contributed by atoms with Crippen molar-refractivity contribution in [2.24, 2.45) is 11.8 Å². The molecule has 2 nitrogen and oxygen atoms in total. The van der Waals surface area contributed by atoms with Crippen LogP contribution in [-0.4, -0.2) is 12.2 Å². The van der Waals surface area contributed by atoms with E-state index >= 15 is 0 Å². The lowest BCUT2D eigenvalue weighted by atomic mass is 9.66. The number of rotatable bonds is 3. The highest BCUT2D eigenvalue weighted by atomic mass is 16.5. The van der Waals surface area contributed by atoms with Gasteiger partial charge in [0.05, 0.1) is 7.11 Å². The Morgan fingerprint density at radius 3 is 2.37 bits per heavy atom. The van der Waals surface area contributed by atoms with Gasteiger partial charge in [0.2, 0.25) is 0 Å². The van der Waals surface area contributed by atoms with E-state index in [9.17, 15) is 5.11 Å². The molecule has 0 bridgehead atoms. The molecule has 1 aliphatic carbocycles. The summed E-state index contributed by atoms with van der Waals surface area (Å²) in [5.74, 6) is 2.46. The molecular formula is C17H26O2. The molecule has 1 N–H and O–H groups in total. The van der Waals surface area contributed by atoms with Crippen LogP contribution in [0.1, 0.15) is 52.0 Å². The van der Waals surface area contributed by atoms with Gasteiger partial charge in [-0.05, 0) is 60.6 Å². The third kappa shape index (κ3) is 2.88. The van der Waals surface area contributed by atoms with Crippen molar-refractivity contribution in [3.8, 4) is 11.5 Å². The van der Waals surface area contributed by atoms with E-state index in [0.29, 0.717) is 5.75 Å². The first kappa shape index (κ1) is 14.2. The Morgan fingerprint density at radius 2 is 1.89 bits per heavy atom. The number of hydrogen-bond donors (Lipinski definition) is 1. The summed E-state index contributed by atoms with van der Waals surface area (Å²) in [4.78, 5) is 0. The molecule has 106 valence electrons. The second-order valence-corrected chi connectivity index (χ2v) is 6.53. The quantitative estimate of drug-likeness (QED) is 0.868. The van der Waals surface area contributed by atoms with Gasteiger partial charge in [-0.3, -0.25) is 0 Å². The molecule has 1 saturated carbocycles. The van der Waals surface area contributed by atoms with Gasteiger partial charge in [0.15, 0.2) is 11.5 Å². The van der Waals surface area contributed by atoms with Crippen molar-refractivity contribution in [3.63, 3.8) is 0 Å². The van der Waals surface area contributed by atoms with E-state index in [1.54, 1.807) is 7.11 Å². The van der Waals surface area contributed by atoms with Crippen LogP contribution < -0.4 is 4.74 Å². The average molecular weight is 262 g/mol. The van der Waals surface area contributed by atoms with Crippen LogP contribution in [0.5, 0.6) is 11.5 Å². The molecule has 0 amide bonds. The van der Waals surface area contributed by atoms with Gasteiger partial charge in [0.1, 0.15) is 0 Å². The summed E-state index contributed by atoms with van der Waals surface area (Å²) in [6.07, 6.45) is 5.01. The Bertz CT molecular complexity index is 429. The zero-order chi connectivity index (χ0) is 14.0. The Hall–Kier alpha value is -1.18. The largest absolute Gasteiger partial charge is 0.504 e. The van der Waals surface area contributed by atoms with Crippen LogP contribution in [0.2, 0.25) is 0 Å². The monoisotopic (exact) mass is 262 g/mol. The van der Waals surface area contributed by atoms with Gasteiger partial charge >= 0.3 is 0 Å². The highest BCUT2D eigenvalue weighted by Crippen LogP contribution is 2.44. The number of hydrogen-bond acceptors (Lipinski definition) is 2. The van der Waals surface area contributed by atoms with Crippen molar-refractivity contribution in [3.05, 3.63) is 23.8 Å². The van der Waals surface area contributed by atoms with Gasteiger partial charge in [-0.1, -0.05) is 26.8 Å². The highest BCUT2D eigenvalue weighted by Gasteiger charge is 2.33. The highest BCUT2D eigenvalue weighted by molar-refractivity contribution is 5.44. The fourth-order valence-electron chi connectivity index (χ4n) is 3.30. The first-order valence-electron chi connectivity index (χ1n) is 7.34. The zero-order valence-corrected chi connectivity index (χ0v) is 12.6. The molecule has 19 heavy (non-hydrogen) atoms. The normalized spacial score (nSPS) is 27.5. The molecule has 0 spiro atoms. The van der Waals surface area contributed by atoms with Crippen LogP contribution in [0.25, 0.3) is 0 Å². The van der Waals surface area contributed by atoms with Crippen LogP contribution in [0.15, 0.2) is 18.2 Å². The molecule has 0 radical (unpaired) electrons. The van der Waals surface area contributed by atoms with Crippen LogP contribution in [0.4, 0.5) is 0 Å². The molecule has 1 aromatic carbocycles. The number of phenolic OH excluding ortho intramolecular Hbond substituents is 1. The predicted octanol–water partition coefficient (Wildman–Crippen LogP) is 4.50. The first-order chi connectivity index (χ1) is 8.96. The maximum atomic E-state index is 9.95. The Labute approximate surface area is 116 Å². The maximum Gasteiger partial charge on any atom is 0.160 e. The van der Waals surface area contributed by atoms with E-state index in [-0.39, 0.29) is 11.2 Å². The minimum Gasteiger partial charge on any atom is -0.504 e. The number of aromatic hydroxyl groups is 1. The van der Waals surface area contributed by atoms with Gasteiger partial charge < -0.3 is 9.84 Å². The summed E-state index contributed by atoms with van der Waals surface area (Å²) in [7, 11) is 1.59. The predicted molar refractivity (Wildman–Crippen MR) is 78.8 cm³/mol. The molecule has 1 aliphatic rings. The van der Waals surface area contributed by atoms with Gasteiger partial charge in [0, 0.05) is 0 Å². The lowest BCUT2D eigenvalue weighted by molar-refractivity contribution is 0.204. The van der Waals surface area contributed by atoms with Gasteiger partial charge in [-0.2, -0.15) is 0 Å². The SMILES string of the molecule is COc1ccc(C2(C)CCC(C(C)C)CC2)cc1O. The van der Waals surface area contributed by atoms with Crippen molar-refractivity contribution >= 4 is 0 Å². The third-order valence-corrected chi connectivity index (χ3v) is 4.95. The van der Waals surface area contributed by atoms with Crippen molar-refractivity contribution < 1.29 is 9.84 Å². The van der Waals surface area contributed by atoms with Crippen molar-refractivity contribution in [1.82, 2.24) is 0 Å².